The Hall–Kier alpha value is -2.92. The van der Waals surface area contributed by atoms with Crippen LogP contribution in [0.15, 0.2) is 66.9 Å². The Morgan fingerprint density at radius 1 is 1.09 bits per heavy atom. The van der Waals surface area contributed by atoms with Gasteiger partial charge in [-0.05, 0) is 63.3 Å². The lowest BCUT2D eigenvalue weighted by atomic mass is 9.92. The van der Waals surface area contributed by atoms with E-state index in [9.17, 15) is 4.79 Å². The number of amides is 1. The Labute approximate surface area is 190 Å². The van der Waals surface area contributed by atoms with Crippen LogP contribution < -0.4 is 5.32 Å². The third kappa shape index (κ3) is 5.65. The number of pyridine rings is 1. The van der Waals surface area contributed by atoms with Crippen LogP contribution in [0.4, 0.5) is 4.79 Å². The lowest BCUT2D eigenvalue weighted by molar-refractivity contribution is 0.00701. The second-order valence-electron chi connectivity index (χ2n) is 9.61. The van der Waals surface area contributed by atoms with Gasteiger partial charge in [0.1, 0.15) is 5.60 Å². The topological polar surface area (TPSA) is 54.5 Å². The van der Waals surface area contributed by atoms with E-state index in [0.29, 0.717) is 12.6 Å². The number of benzene rings is 2. The summed E-state index contributed by atoms with van der Waals surface area (Å²) in [5.74, 6) is 0. The van der Waals surface area contributed by atoms with Crippen molar-refractivity contribution in [3.8, 4) is 0 Å². The number of fused-ring (bicyclic) bond motifs is 1. The fraction of sp³-hybridized carbons (Fsp3) is 0.407. The molecule has 1 amide bonds. The molecule has 1 aliphatic heterocycles. The molecule has 1 N–H and O–H groups in total. The first-order valence-corrected chi connectivity index (χ1v) is 11.5. The number of ether oxygens (including phenoxy) is 1. The number of para-hydroxylation sites is 1. The first kappa shape index (κ1) is 22.3. The van der Waals surface area contributed by atoms with Gasteiger partial charge in [-0.1, -0.05) is 48.5 Å². The van der Waals surface area contributed by atoms with Gasteiger partial charge in [-0.2, -0.15) is 0 Å². The summed E-state index contributed by atoms with van der Waals surface area (Å²) >= 11 is 0. The second-order valence-corrected chi connectivity index (χ2v) is 9.61. The van der Waals surface area contributed by atoms with Crippen LogP contribution in [-0.2, 0) is 17.7 Å². The van der Waals surface area contributed by atoms with Crippen molar-refractivity contribution in [3.63, 3.8) is 0 Å². The molecule has 1 aromatic heterocycles. The van der Waals surface area contributed by atoms with E-state index in [4.69, 9.17) is 4.74 Å². The van der Waals surface area contributed by atoms with E-state index in [2.05, 4.69) is 52.8 Å². The maximum Gasteiger partial charge on any atom is 0.410 e. The summed E-state index contributed by atoms with van der Waals surface area (Å²) in [6.45, 7) is 7.25. The van der Waals surface area contributed by atoms with Gasteiger partial charge in [0.05, 0.1) is 5.52 Å². The minimum absolute atomic E-state index is 0.104. The number of hydrogen-bond acceptors (Lipinski definition) is 4. The summed E-state index contributed by atoms with van der Waals surface area (Å²) in [6, 6.07) is 21.2. The van der Waals surface area contributed by atoms with Gasteiger partial charge in [0.25, 0.3) is 0 Å². The van der Waals surface area contributed by atoms with Gasteiger partial charge >= 0.3 is 6.09 Å². The summed E-state index contributed by atoms with van der Waals surface area (Å²) in [5.41, 5.74) is 3.02. The van der Waals surface area contributed by atoms with Crippen molar-refractivity contribution in [2.45, 2.75) is 64.3 Å². The van der Waals surface area contributed by atoms with E-state index in [1.807, 2.05) is 50.1 Å². The molecular weight excluding hydrogens is 398 g/mol. The van der Waals surface area contributed by atoms with Gasteiger partial charge in [0.2, 0.25) is 0 Å². The van der Waals surface area contributed by atoms with Crippen LogP contribution in [0, 0.1) is 0 Å². The van der Waals surface area contributed by atoms with Gasteiger partial charge in [-0.15, -0.1) is 0 Å². The maximum atomic E-state index is 12.9. The molecule has 2 heterocycles. The highest BCUT2D eigenvalue weighted by molar-refractivity contribution is 5.81. The van der Waals surface area contributed by atoms with Crippen molar-refractivity contribution in [2.75, 3.05) is 6.54 Å². The molecule has 5 heteroatoms. The number of aromatic nitrogens is 1. The molecule has 0 unspecified atom stereocenters. The number of nitrogens with zero attached hydrogens (tertiary/aromatic N) is 2. The van der Waals surface area contributed by atoms with Crippen molar-refractivity contribution in [3.05, 3.63) is 78.0 Å². The molecule has 2 atom stereocenters. The smallest absolute Gasteiger partial charge is 0.410 e. The van der Waals surface area contributed by atoms with E-state index in [1.165, 1.54) is 16.5 Å². The van der Waals surface area contributed by atoms with Gasteiger partial charge in [0, 0.05) is 36.8 Å². The second kappa shape index (κ2) is 9.70. The minimum Gasteiger partial charge on any atom is -0.444 e. The van der Waals surface area contributed by atoms with E-state index in [1.54, 1.807) is 0 Å². The average molecular weight is 432 g/mol. The molecule has 5 nitrogen and oxygen atoms in total. The first-order chi connectivity index (χ1) is 15.4. The van der Waals surface area contributed by atoms with Crippen LogP contribution in [0.25, 0.3) is 10.9 Å². The molecule has 32 heavy (non-hydrogen) atoms. The maximum absolute atomic E-state index is 12.9. The van der Waals surface area contributed by atoms with Crippen LogP contribution in [0.3, 0.4) is 0 Å². The molecule has 1 aliphatic rings. The molecule has 0 spiro atoms. The van der Waals surface area contributed by atoms with Crippen LogP contribution in [0.5, 0.6) is 0 Å². The fourth-order valence-electron chi connectivity index (χ4n) is 4.44. The third-order valence-corrected chi connectivity index (χ3v) is 5.98. The number of nitrogens with one attached hydrogen (secondary N) is 1. The zero-order chi connectivity index (χ0) is 22.6. The fourth-order valence-corrected chi connectivity index (χ4v) is 4.44. The van der Waals surface area contributed by atoms with Gasteiger partial charge in [-0.25, -0.2) is 4.79 Å². The SMILES string of the molecule is CC(C)(C)OC(=O)N1CC[C@H](NCc2ccnc3ccccc23)C[C@H]1Cc1ccccc1. The highest BCUT2D eigenvalue weighted by Crippen LogP contribution is 2.25. The van der Waals surface area contributed by atoms with Crippen LogP contribution in [-0.4, -0.2) is 40.2 Å². The Kier molecular flexibility index (Phi) is 6.75. The number of likely N-dealkylation sites (tertiary alicyclic amines) is 1. The highest BCUT2D eigenvalue weighted by atomic mass is 16.6. The van der Waals surface area contributed by atoms with Gasteiger partial charge in [0.15, 0.2) is 0 Å². The Morgan fingerprint density at radius 2 is 1.84 bits per heavy atom. The summed E-state index contributed by atoms with van der Waals surface area (Å²) in [4.78, 5) is 19.3. The number of hydrogen-bond donors (Lipinski definition) is 1. The predicted octanol–water partition coefficient (Wildman–Crippen LogP) is 5.34. The lowest BCUT2D eigenvalue weighted by Crippen LogP contribution is -2.52. The molecule has 4 rings (SSSR count). The number of carbonyl (C=O) groups is 1. The largest absolute Gasteiger partial charge is 0.444 e. The monoisotopic (exact) mass is 431 g/mol. The number of piperidine rings is 1. The predicted molar refractivity (Wildman–Crippen MR) is 128 cm³/mol. The summed E-state index contributed by atoms with van der Waals surface area (Å²) in [7, 11) is 0. The summed E-state index contributed by atoms with van der Waals surface area (Å²) in [6.07, 6.45) is 4.31. The zero-order valence-corrected chi connectivity index (χ0v) is 19.3. The molecular formula is C27H33N3O2. The summed E-state index contributed by atoms with van der Waals surface area (Å²) in [5, 5.41) is 4.94. The summed E-state index contributed by atoms with van der Waals surface area (Å²) < 4.78 is 5.72. The molecule has 0 aliphatic carbocycles. The van der Waals surface area contributed by atoms with Gasteiger partial charge < -0.3 is 15.0 Å². The van der Waals surface area contributed by atoms with Crippen LogP contribution >= 0.6 is 0 Å². The Morgan fingerprint density at radius 3 is 2.62 bits per heavy atom. The lowest BCUT2D eigenvalue weighted by Gasteiger charge is -2.40. The number of carbonyl (C=O) groups excluding carboxylic acids is 1. The van der Waals surface area contributed by atoms with Gasteiger partial charge in [-0.3, -0.25) is 4.98 Å². The van der Waals surface area contributed by atoms with E-state index >= 15 is 0 Å². The number of rotatable bonds is 5. The van der Waals surface area contributed by atoms with E-state index < -0.39 is 5.60 Å². The molecule has 3 aromatic rings. The van der Waals surface area contributed by atoms with Crippen molar-refractivity contribution in [2.24, 2.45) is 0 Å². The standard InChI is InChI=1S/C27H33N3O2/c1-27(2,3)32-26(31)30-16-14-22(18-23(30)17-20-9-5-4-6-10-20)29-19-21-13-15-28-25-12-8-7-11-24(21)25/h4-13,15,22-23,29H,14,16-19H2,1-3H3/t22-,23+/m0/s1. The van der Waals surface area contributed by atoms with Crippen molar-refractivity contribution >= 4 is 17.0 Å². The van der Waals surface area contributed by atoms with Crippen molar-refractivity contribution in [1.82, 2.24) is 15.2 Å². The van der Waals surface area contributed by atoms with E-state index in [-0.39, 0.29) is 12.1 Å². The average Bonchev–Trinajstić information content (AvgIpc) is 2.77. The van der Waals surface area contributed by atoms with Crippen LogP contribution in [0.1, 0.15) is 44.7 Å². The first-order valence-electron chi connectivity index (χ1n) is 11.5. The molecule has 0 bridgehead atoms. The van der Waals surface area contributed by atoms with Crippen LogP contribution in [0.2, 0.25) is 0 Å². The minimum atomic E-state index is -0.494. The molecule has 1 fully saturated rings. The zero-order valence-electron chi connectivity index (χ0n) is 19.3. The molecule has 2 aromatic carbocycles. The Balaban J connectivity index is 1.46. The Bertz CT molecular complexity index is 1040. The van der Waals surface area contributed by atoms with Crippen molar-refractivity contribution in [1.29, 1.82) is 0 Å². The quantitative estimate of drug-likeness (QED) is 0.593. The third-order valence-electron chi connectivity index (χ3n) is 5.98. The molecule has 0 radical (unpaired) electrons. The van der Waals surface area contributed by atoms with E-state index in [0.717, 1.165) is 31.3 Å². The molecule has 1 saturated heterocycles. The molecule has 0 saturated carbocycles. The normalized spacial score (nSPS) is 19.2. The van der Waals surface area contributed by atoms with Crippen molar-refractivity contribution < 1.29 is 9.53 Å². The molecule has 168 valence electrons. The highest BCUT2D eigenvalue weighted by Gasteiger charge is 2.34.